The van der Waals surface area contributed by atoms with Crippen LogP contribution < -0.4 is 15.0 Å². The lowest BCUT2D eigenvalue weighted by molar-refractivity contribution is 0.412. The van der Waals surface area contributed by atoms with Crippen LogP contribution in [0.15, 0.2) is 24.5 Å². The number of imidazole rings is 1. The number of hydrogen-bond acceptors (Lipinski definition) is 5. The van der Waals surface area contributed by atoms with Gasteiger partial charge in [0.15, 0.2) is 11.6 Å². The Bertz CT molecular complexity index is 957. The predicted molar refractivity (Wildman–Crippen MR) is 116 cm³/mol. The van der Waals surface area contributed by atoms with Gasteiger partial charge in [0.1, 0.15) is 0 Å². The minimum atomic E-state index is 0.664. The number of ether oxygens (including phenoxy) is 1. The van der Waals surface area contributed by atoms with E-state index in [1.807, 2.05) is 10.6 Å². The number of anilines is 3. The summed E-state index contributed by atoms with van der Waals surface area (Å²) in [5, 5.41) is 3.51. The molecule has 0 bridgehead atoms. The van der Waals surface area contributed by atoms with E-state index in [1.165, 1.54) is 16.7 Å². The smallest absolute Gasteiger partial charge is 0.237 e. The van der Waals surface area contributed by atoms with Crippen molar-refractivity contribution in [2.24, 2.45) is 0 Å². The molecule has 150 valence electrons. The maximum Gasteiger partial charge on any atom is 0.237 e. The number of benzene rings is 1. The van der Waals surface area contributed by atoms with Gasteiger partial charge in [-0.05, 0) is 56.4 Å². The highest BCUT2D eigenvalue weighted by Gasteiger charge is 2.22. The maximum absolute atomic E-state index is 5.88. The highest BCUT2D eigenvalue weighted by atomic mass is 16.5. The fourth-order valence-electron chi connectivity index (χ4n) is 3.56. The minimum absolute atomic E-state index is 0.664. The molecular formula is C22H31N5O. The van der Waals surface area contributed by atoms with Crippen molar-refractivity contribution < 1.29 is 4.74 Å². The minimum Gasteiger partial charge on any atom is -0.490 e. The summed E-state index contributed by atoms with van der Waals surface area (Å²) in [6, 6.07) is 4.36. The van der Waals surface area contributed by atoms with Gasteiger partial charge < -0.3 is 15.0 Å². The zero-order valence-electron chi connectivity index (χ0n) is 17.8. The second-order valence-electron chi connectivity index (χ2n) is 7.28. The van der Waals surface area contributed by atoms with E-state index in [0.29, 0.717) is 11.6 Å². The summed E-state index contributed by atoms with van der Waals surface area (Å²) < 4.78 is 7.89. The van der Waals surface area contributed by atoms with E-state index in [1.54, 1.807) is 13.3 Å². The molecule has 6 nitrogen and oxygen atoms in total. The van der Waals surface area contributed by atoms with E-state index in [2.05, 4.69) is 62.0 Å². The lowest BCUT2D eigenvalue weighted by Crippen LogP contribution is -2.28. The molecule has 0 radical (unpaired) electrons. The van der Waals surface area contributed by atoms with Crippen molar-refractivity contribution in [3.05, 3.63) is 41.2 Å². The van der Waals surface area contributed by atoms with Crippen molar-refractivity contribution in [1.82, 2.24) is 14.4 Å². The summed E-state index contributed by atoms with van der Waals surface area (Å²) in [4.78, 5) is 11.5. The van der Waals surface area contributed by atoms with Gasteiger partial charge >= 0.3 is 0 Å². The van der Waals surface area contributed by atoms with Gasteiger partial charge in [0, 0.05) is 31.2 Å². The largest absolute Gasteiger partial charge is 0.490 e. The van der Waals surface area contributed by atoms with Gasteiger partial charge in [-0.3, -0.25) is 4.40 Å². The molecule has 0 spiro atoms. The molecule has 1 N–H and O–H groups in total. The van der Waals surface area contributed by atoms with Crippen LogP contribution in [0.5, 0.6) is 5.75 Å². The van der Waals surface area contributed by atoms with Crippen LogP contribution in [-0.2, 0) is 0 Å². The van der Waals surface area contributed by atoms with E-state index in [0.717, 1.165) is 43.2 Å². The Labute approximate surface area is 167 Å². The first-order valence-corrected chi connectivity index (χ1v) is 10.0. The maximum atomic E-state index is 5.88. The summed E-state index contributed by atoms with van der Waals surface area (Å²) in [5.41, 5.74) is 4.74. The molecule has 0 aliphatic carbocycles. The Morgan fingerprint density at radius 3 is 2.36 bits per heavy atom. The standard InChI is InChI=1S/C22H31N5O/c1-7-10-26(11-8-2)21-19(28-6)20(25-22-23-9-12-27(21)22)24-18-14-16(4)15(3)13-17(18)5/h9,12-14H,7-8,10-11H2,1-6H3,(H,23,24,25). The SMILES string of the molecule is CCCN(CCC)c1c(OC)c(Nc2cc(C)c(C)cc2C)nc2nccn12. The normalized spacial score (nSPS) is 11.1. The third kappa shape index (κ3) is 3.77. The van der Waals surface area contributed by atoms with Gasteiger partial charge in [0.05, 0.1) is 7.11 Å². The molecule has 0 amide bonds. The summed E-state index contributed by atoms with van der Waals surface area (Å²) in [6.07, 6.45) is 5.84. The molecule has 0 saturated carbocycles. The molecule has 3 rings (SSSR count). The first-order chi connectivity index (χ1) is 13.5. The van der Waals surface area contributed by atoms with E-state index in [9.17, 15) is 0 Å². The van der Waals surface area contributed by atoms with Crippen molar-refractivity contribution >= 4 is 23.1 Å². The van der Waals surface area contributed by atoms with E-state index in [-0.39, 0.29) is 0 Å². The number of methoxy groups -OCH3 is 1. The molecule has 2 heterocycles. The number of nitrogens with one attached hydrogen (secondary N) is 1. The predicted octanol–water partition coefficient (Wildman–Crippen LogP) is 5.03. The van der Waals surface area contributed by atoms with Crippen LogP contribution in [0.2, 0.25) is 0 Å². The van der Waals surface area contributed by atoms with Gasteiger partial charge in [-0.25, -0.2) is 4.98 Å². The van der Waals surface area contributed by atoms with Crippen LogP contribution in [0.4, 0.5) is 17.3 Å². The second kappa shape index (κ2) is 8.50. The van der Waals surface area contributed by atoms with E-state index in [4.69, 9.17) is 9.72 Å². The fraction of sp³-hybridized carbons (Fsp3) is 0.455. The molecule has 0 aliphatic rings. The van der Waals surface area contributed by atoms with Crippen LogP contribution in [0, 0.1) is 20.8 Å². The molecule has 0 aliphatic heterocycles. The van der Waals surface area contributed by atoms with Gasteiger partial charge in [-0.2, -0.15) is 4.98 Å². The number of nitrogens with zero attached hydrogens (tertiary/aromatic N) is 4. The van der Waals surface area contributed by atoms with Gasteiger partial charge in [-0.1, -0.05) is 19.9 Å². The Balaban J connectivity index is 2.16. The fourth-order valence-corrected chi connectivity index (χ4v) is 3.56. The molecule has 0 unspecified atom stereocenters. The summed E-state index contributed by atoms with van der Waals surface area (Å²) in [5.74, 6) is 3.10. The number of aromatic nitrogens is 3. The zero-order valence-corrected chi connectivity index (χ0v) is 17.8. The average Bonchev–Trinajstić information content (AvgIpc) is 3.13. The second-order valence-corrected chi connectivity index (χ2v) is 7.28. The van der Waals surface area contributed by atoms with Crippen molar-refractivity contribution in [1.29, 1.82) is 0 Å². The monoisotopic (exact) mass is 381 g/mol. The van der Waals surface area contributed by atoms with Gasteiger partial charge in [-0.15, -0.1) is 0 Å². The molecule has 0 fully saturated rings. The van der Waals surface area contributed by atoms with Crippen molar-refractivity contribution in [2.75, 3.05) is 30.4 Å². The number of fused-ring (bicyclic) bond motifs is 1. The van der Waals surface area contributed by atoms with Crippen LogP contribution in [-0.4, -0.2) is 34.6 Å². The van der Waals surface area contributed by atoms with Gasteiger partial charge in [0.25, 0.3) is 0 Å². The molecule has 0 saturated heterocycles. The first-order valence-electron chi connectivity index (χ1n) is 10.0. The quantitative estimate of drug-likeness (QED) is 0.593. The number of rotatable bonds is 8. The lowest BCUT2D eigenvalue weighted by Gasteiger charge is -2.27. The van der Waals surface area contributed by atoms with E-state index >= 15 is 0 Å². The molecule has 2 aromatic heterocycles. The molecule has 1 aromatic carbocycles. The molecule has 6 heteroatoms. The average molecular weight is 382 g/mol. The van der Waals surface area contributed by atoms with Crippen molar-refractivity contribution in [2.45, 2.75) is 47.5 Å². The number of hydrogen-bond donors (Lipinski definition) is 1. The van der Waals surface area contributed by atoms with E-state index < -0.39 is 0 Å². The van der Waals surface area contributed by atoms with Crippen LogP contribution in [0.25, 0.3) is 5.78 Å². The molecule has 0 atom stereocenters. The summed E-state index contributed by atoms with van der Waals surface area (Å²) in [7, 11) is 1.71. The van der Waals surface area contributed by atoms with Crippen LogP contribution in [0.3, 0.4) is 0 Å². The van der Waals surface area contributed by atoms with Gasteiger partial charge in [0.2, 0.25) is 11.5 Å². The number of aryl methyl sites for hydroxylation is 3. The highest BCUT2D eigenvalue weighted by Crippen LogP contribution is 2.37. The molecular weight excluding hydrogens is 350 g/mol. The third-order valence-electron chi connectivity index (χ3n) is 5.06. The molecule has 3 aromatic rings. The summed E-state index contributed by atoms with van der Waals surface area (Å²) >= 11 is 0. The Morgan fingerprint density at radius 1 is 1.04 bits per heavy atom. The Morgan fingerprint density at radius 2 is 1.71 bits per heavy atom. The molecule has 28 heavy (non-hydrogen) atoms. The third-order valence-corrected chi connectivity index (χ3v) is 5.06. The lowest BCUT2D eigenvalue weighted by atomic mass is 10.0. The van der Waals surface area contributed by atoms with Crippen LogP contribution in [0.1, 0.15) is 43.4 Å². The van der Waals surface area contributed by atoms with Crippen LogP contribution >= 0.6 is 0 Å². The van der Waals surface area contributed by atoms with Crippen molar-refractivity contribution in [3.8, 4) is 5.75 Å². The zero-order chi connectivity index (χ0) is 20.3. The highest BCUT2D eigenvalue weighted by molar-refractivity contribution is 5.75. The summed E-state index contributed by atoms with van der Waals surface area (Å²) in [6.45, 7) is 12.6. The Kier molecular flexibility index (Phi) is 6.07. The first kappa shape index (κ1) is 20.0. The Hall–Kier alpha value is -2.76. The topological polar surface area (TPSA) is 54.7 Å². The van der Waals surface area contributed by atoms with Crippen molar-refractivity contribution in [3.63, 3.8) is 0 Å².